The van der Waals surface area contributed by atoms with Crippen LogP contribution in [0.4, 0.5) is 5.69 Å². The van der Waals surface area contributed by atoms with Gasteiger partial charge in [0.25, 0.3) is 0 Å². The summed E-state index contributed by atoms with van der Waals surface area (Å²) in [7, 11) is -7.51. The normalized spacial score (nSPS) is 15.0. The number of hydrogen-bond donors (Lipinski definition) is 5. The zero-order valence-corrected chi connectivity index (χ0v) is 16.0. The molecule has 150 valence electrons. The summed E-state index contributed by atoms with van der Waals surface area (Å²) in [6.45, 7) is 0.178. The van der Waals surface area contributed by atoms with Gasteiger partial charge >= 0.3 is 0 Å². The molecule has 0 aliphatic rings. The molecule has 0 radical (unpaired) electrons. The second-order valence-corrected chi connectivity index (χ2v) is 10.5. The molecule has 0 aromatic heterocycles. The highest BCUT2D eigenvalue weighted by Crippen LogP contribution is 2.23. The molecule has 1 aromatic rings. The SMILES string of the molecule is Cc1c(CS(=O)(=O)CC(O)CO)cc(N)cc1CS(=O)(=O)CC(O)CO. The van der Waals surface area contributed by atoms with Gasteiger partial charge in [-0.3, -0.25) is 0 Å². The molecular weight excluding hydrogens is 386 g/mol. The van der Waals surface area contributed by atoms with E-state index < -0.39 is 68.1 Å². The van der Waals surface area contributed by atoms with Crippen LogP contribution in [0.15, 0.2) is 12.1 Å². The lowest BCUT2D eigenvalue weighted by atomic mass is 10.0. The van der Waals surface area contributed by atoms with Gasteiger partial charge in [0.15, 0.2) is 19.7 Å². The highest BCUT2D eigenvalue weighted by atomic mass is 32.2. The van der Waals surface area contributed by atoms with E-state index in [0.717, 1.165) is 0 Å². The number of rotatable bonds is 10. The molecule has 0 aliphatic carbocycles. The third-order valence-electron chi connectivity index (χ3n) is 3.71. The average Bonchev–Trinajstić information content (AvgIpc) is 2.49. The molecule has 2 unspecified atom stereocenters. The van der Waals surface area contributed by atoms with Gasteiger partial charge in [-0.25, -0.2) is 16.8 Å². The molecule has 9 nitrogen and oxygen atoms in total. The van der Waals surface area contributed by atoms with Gasteiger partial charge in [-0.2, -0.15) is 0 Å². The quantitative estimate of drug-likeness (QED) is 0.276. The Hall–Kier alpha value is -1.24. The number of nitrogens with two attached hydrogens (primary N) is 1. The molecule has 0 fully saturated rings. The van der Waals surface area contributed by atoms with Crippen molar-refractivity contribution in [1.82, 2.24) is 0 Å². The molecule has 0 heterocycles. The van der Waals surface area contributed by atoms with Crippen LogP contribution >= 0.6 is 0 Å². The van der Waals surface area contributed by atoms with E-state index in [1.807, 2.05) is 0 Å². The minimum atomic E-state index is -3.76. The first-order valence-corrected chi connectivity index (χ1v) is 11.4. The van der Waals surface area contributed by atoms with Gasteiger partial charge in [-0.15, -0.1) is 0 Å². The van der Waals surface area contributed by atoms with E-state index in [-0.39, 0.29) is 5.69 Å². The molecule has 26 heavy (non-hydrogen) atoms. The lowest BCUT2D eigenvalue weighted by Crippen LogP contribution is -2.26. The van der Waals surface area contributed by atoms with Crippen LogP contribution in [0, 0.1) is 6.92 Å². The van der Waals surface area contributed by atoms with Gasteiger partial charge in [0.2, 0.25) is 0 Å². The summed E-state index contributed by atoms with van der Waals surface area (Å²) in [5, 5.41) is 36.2. The molecule has 0 aliphatic heterocycles. The van der Waals surface area contributed by atoms with Crippen LogP contribution in [0.3, 0.4) is 0 Å². The van der Waals surface area contributed by atoms with Gasteiger partial charge in [-0.05, 0) is 35.7 Å². The fraction of sp³-hybridized carbons (Fsp3) is 0.600. The molecule has 2 atom stereocenters. The van der Waals surface area contributed by atoms with E-state index in [1.54, 1.807) is 6.92 Å². The van der Waals surface area contributed by atoms with Crippen molar-refractivity contribution in [1.29, 1.82) is 0 Å². The maximum absolute atomic E-state index is 12.1. The Morgan fingerprint density at radius 2 is 1.23 bits per heavy atom. The first-order valence-electron chi connectivity index (χ1n) is 7.75. The molecular formula is C15H25NO8S2. The van der Waals surface area contributed by atoms with Crippen LogP contribution in [0.25, 0.3) is 0 Å². The summed E-state index contributed by atoms with van der Waals surface area (Å²) in [5.41, 5.74) is 6.94. The third kappa shape index (κ3) is 7.17. The molecule has 0 saturated carbocycles. The third-order valence-corrected chi connectivity index (χ3v) is 7.00. The van der Waals surface area contributed by atoms with E-state index in [9.17, 15) is 27.0 Å². The molecule has 1 aromatic carbocycles. The maximum atomic E-state index is 12.1. The second kappa shape index (κ2) is 9.11. The van der Waals surface area contributed by atoms with E-state index in [2.05, 4.69) is 0 Å². The second-order valence-electron chi connectivity index (χ2n) is 6.25. The highest BCUT2D eigenvalue weighted by molar-refractivity contribution is 7.90. The van der Waals surface area contributed by atoms with E-state index in [4.69, 9.17) is 15.9 Å². The van der Waals surface area contributed by atoms with Gasteiger partial charge in [-0.1, -0.05) is 0 Å². The topological polar surface area (TPSA) is 175 Å². The maximum Gasteiger partial charge on any atom is 0.157 e. The van der Waals surface area contributed by atoms with Crippen molar-refractivity contribution in [2.45, 2.75) is 30.6 Å². The number of benzene rings is 1. The highest BCUT2D eigenvalue weighted by Gasteiger charge is 2.22. The standard InChI is InChI=1S/C15H25NO8S2/c1-10-11(6-25(21,22)8-14(19)4-17)2-13(16)3-12(10)7-26(23,24)9-15(20)5-18/h2-3,14-15,17-20H,4-9,16H2,1H3. The van der Waals surface area contributed by atoms with Crippen molar-refractivity contribution in [2.24, 2.45) is 0 Å². The van der Waals surface area contributed by atoms with E-state index >= 15 is 0 Å². The first kappa shape index (κ1) is 22.8. The molecule has 0 bridgehead atoms. The number of anilines is 1. The van der Waals surface area contributed by atoms with Crippen LogP contribution < -0.4 is 5.73 Å². The predicted molar refractivity (Wildman–Crippen MR) is 96.8 cm³/mol. The van der Waals surface area contributed by atoms with Crippen LogP contribution in [0.1, 0.15) is 16.7 Å². The number of aliphatic hydroxyl groups is 4. The van der Waals surface area contributed by atoms with Crippen molar-refractivity contribution in [3.05, 3.63) is 28.8 Å². The van der Waals surface area contributed by atoms with E-state index in [0.29, 0.717) is 16.7 Å². The number of hydrogen-bond acceptors (Lipinski definition) is 9. The average molecular weight is 411 g/mol. The molecule has 1 rings (SSSR count). The summed E-state index contributed by atoms with van der Waals surface area (Å²) in [6, 6.07) is 2.83. The van der Waals surface area contributed by atoms with Crippen molar-refractivity contribution in [2.75, 3.05) is 30.5 Å². The Kier molecular flexibility index (Phi) is 7.99. The number of sulfone groups is 2. The molecule has 0 amide bonds. The fourth-order valence-electron chi connectivity index (χ4n) is 2.45. The summed E-state index contributed by atoms with van der Waals surface area (Å²) in [5.74, 6) is -2.19. The van der Waals surface area contributed by atoms with Crippen molar-refractivity contribution in [3.63, 3.8) is 0 Å². The predicted octanol–water partition coefficient (Wildman–Crippen LogP) is -1.89. The van der Waals surface area contributed by atoms with Crippen molar-refractivity contribution >= 4 is 25.4 Å². The molecule has 0 spiro atoms. The Morgan fingerprint density at radius 3 is 1.54 bits per heavy atom. The smallest absolute Gasteiger partial charge is 0.157 e. The molecule has 11 heteroatoms. The number of aliphatic hydroxyl groups excluding tert-OH is 4. The van der Waals surface area contributed by atoms with E-state index in [1.165, 1.54) is 12.1 Å². The molecule has 0 saturated heterocycles. The lowest BCUT2D eigenvalue weighted by Gasteiger charge is -2.15. The first-order chi connectivity index (χ1) is 11.9. The zero-order valence-electron chi connectivity index (χ0n) is 14.4. The zero-order chi connectivity index (χ0) is 20.1. The minimum absolute atomic E-state index is 0.177. The fourth-order valence-corrected chi connectivity index (χ4v) is 5.62. The van der Waals surface area contributed by atoms with Crippen LogP contribution in [-0.2, 0) is 31.2 Å². The van der Waals surface area contributed by atoms with Crippen molar-refractivity contribution in [3.8, 4) is 0 Å². The summed E-state index contributed by atoms with van der Waals surface area (Å²) >= 11 is 0. The van der Waals surface area contributed by atoms with Crippen LogP contribution in [0.2, 0.25) is 0 Å². The van der Waals surface area contributed by atoms with Crippen molar-refractivity contribution < 1.29 is 37.3 Å². The summed E-state index contributed by atoms with van der Waals surface area (Å²) < 4.78 is 48.5. The molecule has 6 N–H and O–H groups in total. The van der Waals surface area contributed by atoms with Gasteiger partial charge < -0.3 is 26.2 Å². The van der Waals surface area contributed by atoms with Crippen LogP contribution in [-0.4, -0.2) is 74.2 Å². The van der Waals surface area contributed by atoms with Gasteiger partial charge in [0, 0.05) is 5.69 Å². The minimum Gasteiger partial charge on any atom is -0.399 e. The Bertz CT molecular complexity index is 755. The monoisotopic (exact) mass is 411 g/mol. The summed E-state index contributed by atoms with van der Waals surface area (Å²) in [4.78, 5) is 0. The lowest BCUT2D eigenvalue weighted by molar-refractivity contribution is 0.112. The summed E-state index contributed by atoms with van der Waals surface area (Å²) in [6.07, 6.45) is -2.80. The number of nitrogen functional groups attached to an aromatic ring is 1. The van der Waals surface area contributed by atoms with Gasteiger partial charge in [0.05, 0.1) is 48.4 Å². The Labute approximate surface area is 152 Å². The Balaban J connectivity index is 3.12. The largest absolute Gasteiger partial charge is 0.399 e. The van der Waals surface area contributed by atoms with Crippen LogP contribution in [0.5, 0.6) is 0 Å². The van der Waals surface area contributed by atoms with Gasteiger partial charge in [0.1, 0.15) is 0 Å². The Morgan fingerprint density at radius 1 is 0.885 bits per heavy atom.